The number of aliphatic hydroxyl groups excluding tert-OH is 1. The Bertz CT molecular complexity index is 526. The minimum Gasteiger partial charge on any atom is -0.389 e. The van der Waals surface area contributed by atoms with E-state index in [2.05, 4.69) is 4.72 Å². The summed E-state index contributed by atoms with van der Waals surface area (Å²) in [6.07, 6.45) is 1.05. The lowest BCUT2D eigenvalue weighted by Gasteiger charge is -2.10. The molecular formula is C15H25NO4S. The molecule has 1 rings (SSSR count). The van der Waals surface area contributed by atoms with E-state index >= 15 is 0 Å². The normalized spacial score (nSPS) is 13.6. The fourth-order valence-electron chi connectivity index (χ4n) is 1.78. The fourth-order valence-corrected chi connectivity index (χ4v) is 2.91. The summed E-state index contributed by atoms with van der Waals surface area (Å²) in [5.74, 6) is 0. The van der Waals surface area contributed by atoms with Crippen molar-refractivity contribution in [2.45, 2.75) is 50.7 Å². The molecule has 0 saturated carbocycles. The van der Waals surface area contributed by atoms with Crippen LogP contribution < -0.4 is 4.72 Å². The van der Waals surface area contributed by atoms with Gasteiger partial charge in [-0.3, -0.25) is 0 Å². The SMILES string of the molecule is CC(C)OCCCCNS(=O)(=O)c1cccc(C(C)O)c1. The topological polar surface area (TPSA) is 75.6 Å². The van der Waals surface area contributed by atoms with Gasteiger partial charge in [0.2, 0.25) is 10.0 Å². The summed E-state index contributed by atoms with van der Waals surface area (Å²) in [4.78, 5) is 0.180. The van der Waals surface area contributed by atoms with Crippen LogP contribution in [0.25, 0.3) is 0 Å². The third kappa shape index (κ3) is 6.56. The molecule has 21 heavy (non-hydrogen) atoms. The second kappa shape index (κ2) is 8.48. The number of ether oxygens (including phenoxy) is 1. The molecule has 1 aromatic rings. The monoisotopic (exact) mass is 315 g/mol. The summed E-state index contributed by atoms with van der Waals surface area (Å²) in [6, 6.07) is 6.35. The first kappa shape index (κ1) is 18.1. The zero-order valence-electron chi connectivity index (χ0n) is 12.9. The van der Waals surface area contributed by atoms with Gasteiger partial charge in [0.1, 0.15) is 0 Å². The van der Waals surface area contributed by atoms with Gasteiger partial charge in [-0.1, -0.05) is 12.1 Å². The van der Waals surface area contributed by atoms with Crippen LogP contribution >= 0.6 is 0 Å². The Hall–Kier alpha value is -0.950. The van der Waals surface area contributed by atoms with Crippen molar-refractivity contribution in [3.63, 3.8) is 0 Å². The highest BCUT2D eigenvalue weighted by molar-refractivity contribution is 7.89. The first-order valence-corrected chi connectivity index (χ1v) is 8.70. The third-order valence-electron chi connectivity index (χ3n) is 2.97. The maximum absolute atomic E-state index is 12.1. The molecular weight excluding hydrogens is 290 g/mol. The molecule has 0 aliphatic carbocycles. The zero-order valence-corrected chi connectivity index (χ0v) is 13.7. The van der Waals surface area contributed by atoms with Crippen molar-refractivity contribution >= 4 is 10.0 Å². The lowest BCUT2D eigenvalue weighted by atomic mass is 10.1. The number of rotatable bonds is 9. The quantitative estimate of drug-likeness (QED) is 0.685. The van der Waals surface area contributed by atoms with Crippen LogP contribution in [-0.4, -0.2) is 32.8 Å². The van der Waals surface area contributed by atoms with Crippen LogP contribution in [0.2, 0.25) is 0 Å². The molecule has 0 amide bonds. The van der Waals surface area contributed by atoms with Gasteiger partial charge in [0, 0.05) is 13.2 Å². The van der Waals surface area contributed by atoms with E-state index in [0.717, 1.165) is 12.8 Å². The molecule has 0 aliphatic heterocycles. The second-order valence-corrected chi connectivity index (χ2v) is 7.04. The van der Waals surface area contributed by atoms with Crippen molar-refractivity contribution in [3.05, 3.63) is 29.8 Å². The van der Waals surface area contributed by atoms with Crippen molar-refractivity contribution < 1.29 is 18.3 Å². The van der Waals surface area contributed by atoms with Crippen molar-refractivity contribution in [1.29, 1.82) is 0 Å². The van der Waals surface area contributed by atoms with E-state index in [1.165, 1.54) is 12.1 Å². The Morgan fingerprint density at radius 2 is 1.95 bits per heavy atom. The smallest absolute Gasteiger partial charge is 0.240 e. The summed E-state index contributed by atoms with van der Waals surface area (Å²) < 4.78 is 32.2. The second-order valence-electron chi connectivity index (χ2n) is 5.27. The summed E-state index contributed by atoms with van der Waals surface area (Å²) in [6.45, 7) is 6.56. The maximum Gasteiger partial charge on any atom is 0.240 e. The van der Waals surface area contributed by atoms with Crippen LogP contribution in [0.5, 0.6) is 0 Å². The Kier molecular flexibility index (Phi) is 7.31. The number of aliphatic hydroxyl groups is 1. The van der Waals surface area contributed by atoms with E-state index in [9.17, 15) is 13.5 Å². The van der Waals surface area contributed by atoms with Gasteiger partial charge in [0.15, 0.2) is 0 Å². The number of benzene rings is 1. The maximum atomic E-state index is 12.1. The van der Waals surface area contributed by atoms with Gasteiger partial charge >= 0.3 is 0 Å². The molecule has 0 bridgehead atoms. The minimum atomic E-state index is -3.52. The van der Waals surface area contributed by atoms with Gasteiger partial charge in [-0.25, -0.2) is 13.1 Å². The van der Waals surface area contributed by atoms with Crippen molar-refractivity contribution in [2.24, 2.45) is 0 Å². The van der Waals surface area contributed by atoms with Crippen molar-refractivity contribution in [1.82, 2.24) is 4.72 Å². The largest absolute Gasteiger partial charge is 0.389 e. The first-order valence-electron chi connectivity index (χ1n) is 7.22. The highest BCUT2D eigenvalue weighted by Crippen LogP contribution is 2.17. The van der Waals surface area contributed by atoms with Gasteiger partial charge in [0.05, 0.1) is 17.1 Å². The van der Waals surface area contributed by atoms with Gasteiger partial charge in [-0.15, -0.1) is 0 Å². The average molecular weight is 315 g/mol. The zero-order chi connectivity index (χ0) is 15.9. The number of nitrogens with one attached hydrogen (secondary N) is 1. The van der Waals surface area contributed by atoms with Gasteiger partial charge in [-0.2, -0.15) is 0 Å². The predicted molar refractivity (Wildman–Crippen MR) is 82.6 cm³/mol. The van der Waals surface area contributed by atoms with Crippen molar-refractivity contribution in [3.8, 4) is 0 Å². The van der Waals surface area contributed by atoms with E-state index in [-0.39, 0.29) is 11.0 Å². The molecule has 0 fully saturated rings. The molecule has 0 aromatic heterocycles. The summed E-state index contributed by atoms with van der Waals surface area (Å²) >= 11 is 0. The van der Waals surface area contributed by atoms with Crippen LogP contribution in [0.3, 0.4) is 0 Å². The molecule has 0 radical (unpaired) electrons. The Labute approximate surface area is 127 Å². The summed E-state index contributed by atoms with van der Waals surface area (Å²) in [5.41, 5.74) is 0.586. The van der Waals surface area contributed by atoms with Crippen LogP contribution in [-0.2, 0) is 14.8 Å². The van der Waals surface area contributed by atoms with Crippen LogP contribution in [0.4, 0.5) is 0 Å². The molecule has 5 nitrogen and oxygen atoms in total. The minimum absolute atomic E-state index is 0.180. The number of sulfonamides is 1. The van der Waals surface area contributed by atoms with E-state index in [4.69, 9.17) is 4.74 Å². The molecule has 0 aliphatic rings. The molecule has 120 valence electrons. The Balaban J connectivity index is 2.48. The van der Waals surface area contributed by atoms with E-state index in [1.807, 2.05) is 13.8 Å². The fraction of sp³-hybridized carbons (Fsp3) is 0.600. The molecule has 0 spiro atoms. The lowest BCUT2D eigenvalue weighted by Crippen LogP contribution is -2.25. The standard InChI is InChI=1S/C15H25NO4S/c1-12(2)20-10-5-4-9-16-21(18,19)15-8-6-7-14(11-15)13(3)17/h6-8,11-13,16-17H,4-5,9-10H2,1-3H3. The van der Waals surface area contributed by atoms with Crippen molar-refractivity contribution in [2.75, 3.05) is 13.2 Å². The van der Waals surface area contributed by atoms with Crippen LogP contribution in [0, 0.1) is 0 Å². The molecule has 1 atom stereocenters. The molecule has 0 heterocycles. The summed E-state index contributed by atoms with van der Waals surface area (Å²) in [7, 11) is -3.52. The Morgan fingerprint density at radius 1 is 1.24 bits per heavy atom. The highest BCUT2D eigenvalue weighted by Gasteiger charge is 2.14. The van der Waals surface area contributed by atoms with Crippen LogP contribution in [0.15, 0.2) is 29.2 Å². The molecule has 0 saturated heterocycles. The molecule has 1 unspecified atom stereocenters. The molecule has 2 N–H and O–H groups in total. The molecule has 1 aromatic carbocycles. The summed E-state index contributed by atoms with van der Waals surface area (Å²) in [5, 5.41) is 9.50. The van der Waals surface area contributed by atoms with E-state index in [1.54, 1.807) is 19.1 Å². The number of hydrogen-bond acceptors (Lipinski definition) is 4. The number of unbranched alkanes of at least 4 members (excludes halogenated alkanes) is 1. The predicted octanol–water partition coefficient (Wildman–Crippen LogP) is 2.22. The Morgan fingerprint density at radius 3 is 2.57 bits per heavy atom. The molecule has 6 heteroatoms. The third-order valence-corrected chi connectivity index (χ3v) is 4.42. The highest BCUT2D eigenvalue weighted by atomic mass is 32.2. The van der Waals surface area contributed by atoms with E-state index < -0.39 is 16.1 Å². The van der Waals surface area contributed by atoms with Gasteiger partial charge in [-0.05, 0) is 51.3 Å². The van der Waals surface area contributed by atoms with Gasteiger partial charge in [0.25, 0.3) is 0 Å². The number of hydrogen-bond donors (Lipinski definition) is 2. The average Bonchev–Trinajstić information content (AvgIpc) is 2.42. The van der Waals surface area contributed by atoms with Crippen LogP contribution in [0.1, 0.15) is 45.3 Å². The van der Waals surface area contributed by atoms with Gasteiger partial charge < -0.3 is 9.84 Å². The van der Waals surface area contributed by atoms with E-state index in [0.29, 0.717) is 18.7 Å². The first-order chi connectivity index (χ1) is 9.83. The lowest BCUT2D eigenvalue weighted by molar-refractivity contribution is 0.0762.